The predicted octanol–water partition coefficient (Wildman–Crippen LogP) is 1.98. The number of nitrogens with two attached hydrogens (primary N) is 1. The van der Waals surface area contributed by atoms with Crippen LogP contribution in [-0.4, -0.2) is 17.0 Å². The normalized spacial score (nSPS) is 17.6. The molecule has 1 aromatic carbocycles. The zero-order valence-electron chi connectivity index (χ0n) is 11.1. The first-order valence-electron chi connectivity index (χ1n) is 6.42. The van der Waals surface area contributed by atoms with Crippen LogP contribution in [0.2, 0.25) is 0 Å². The Bertz CT molecular complexity index is 643. The molecule has 0 spiro atoms. The van der Waals surface area contributed by atoms with Crippen molar-refractivity contribution in [2.45, 2.75) is 19.6 Å². The fourth-order valence-electron chi connectivity index (χ4n) is 2.23. The third kappa shape index (κ3) is 2.18. The topological polar surface area (TPSA) is 68.5 Å². The van der Waals surface area contributed by atoms with Crippen LogP contribution in [0.5, 0.6) is 5.75 Å². The number of nitrogen functional groups attached to an aromatic ring is 1. The van der Waals surface area contributed by atoms with Crippen molar-refractivity contribution < 1.29 is 9.53 Å². The van der Waals surface area contributed by atoms with E-state index < -0.39 is 6.10 Å². The monoisotopic (exact) mass is 269 g/mol. The molecule has 0 radical (unpaired) electrons. The van der Waals surface area contributed by atoms with E-state index in [9.17, 15) is 4.79 Å². The van der Waals surface area contributed by atoms with E-state index in [0.29, 0.717) is 23.8 Å². The van der Waals surface area contributed by atoms with Gasteiger partial charge in [0.05, 0.1) is 18.4 Å². The number of rotatable bonds is 2. The van der Waals surface area contributed by atoms with E-state index in [1.807, 2.05) is 30.3 Å². The van der Waals surface area contributed by atoms with Gasteiger partial charge >= 0.3 is 0 Å². The number of carbonyl (C=O) groups is 1. The Kier molecular flexibility index (Phi) is 3.02. The van der Waals surface area contributed by atoms with Crippen molar-refractivity contribution in [1.82, 2.24) is 4.98 Å². The first-order chi connectivity index (χ1) is 9.65. The van der Waals surface area contributed by atoms with Gasteiger partial charge in [-0.1, -0.05) is 30.3 Å². The number of ether oxygens (including phenoxy) is 1. The first-order valence-corrected chi connectivity index (χ1v) is 6.42. The summed E-state index contributed by atoms with van der Waals surface area (Å²) in [6.45, 7) is 2.20. The van der Waals surface area contributed by atoms with E-state index >= 15 is 0 Å². The molecular formula is C15H15N3O2. The van der Waals surface area contributed by atoms with E-state index in [1.165, 1.54) is 6.20 Å². The van der Waals surface area contributed by atoms with Gasteiger partial charge < -0.3 is 10.5 Å². The molecule has 0 bridgehead atoms. The Labute approximate surface area is 117 Å². The predicted molar refractivity (Wildman–Crippen MR) is 76.4 cm³/mol. The average Bonchev–Trinajstić information content (AvgIpc) is 2.45. The van der Waals surface area contributed by atoms with Crippen molar-refractivity contribution in [2.75, 3.05) is 10.6 Å². The van der Waals surface area contributed by atoms with Gasteiger partial charge in [-0.05, 0) is 12.5 Å². The van der Waals surface area contributed by atoms with Crippen molar-refractivity contribution in [3.63, 3.8) is 0 Å². The van der Waals surface area contributed by atoms with Gasteiger partial charge in [-0.15, -0.1) is 0 Å². The minimum atomic E-state index is -0.533. The number of pyridine rings is 1. The van der Waals surface area contributed by atoms with Crippen LogP contribution in [0, 0.1) is 0 Å². The summed E-state index contributed by atoms with van der Waals surface area (Å²) in [5, 5.41) is 0. The third-order valence-corrected chi connectivity index (χ3v) is 3.21. The van der Waals surface area contributed by atoms with E-state index in [4.69, 9.17) is 10.5 Å². The molecule has 102 valence electrons. The molecule has 1 amide bonds. The van der Waals surface area contributed by atoms with Gasteiger partial charge in [-0.3, -0.25) is 9.69 Å². The molecule has 0 saturated carbocycles. The van der Waals surface area contributed by atoms with Crippen LogP contribution in [0.1, 0.15) is 12.5 Å². The fraction of sp³-hybridized carbons (Fsp3) is 0.200. The molecule has 1 atom stereocenters. The van der Waals surface area contributed by atoms with Gasteiger partial charge in [0.2, 0.25) is 0 Å². The first kappa shape index (κ1) is 12.5. The van der Waals surface area contributed by atoms with Crippen LogP contribution < -0.4 is 15.4 Å². The van der Waals surface area contributed by atoms with Gasteiger partial charge in [-0.2, -0.15) is 0 Å². The average molecular weight is 269 g/mol. The number of benzene rings is 1. The number of amides is 1. The molecule has 20 heavy (non-hydrogen) atoms. The maximum Gasteiger partial charge on any atom is 0.269 e. The highest BCUT2D eigenvalue weighted by Crippen LogP contribution is 2.34. The smallest absolute Gasteiger partial charge is 0.269 e. The standard InChI is InChI=1S/C15H15N3O2/c1-10-15(19)18(9-11-5-3-2-4-6-11)14-13(20-10)7-12(16)8-17-14/h2-8,10H,9,16H2,1H3. The van der Waals surface area contributed by atoms with Crippen molar-refractivity contribution >= 4 is 17.4 Å². The number of hydrogen-bond acceptors (Lipinski definition) is 4. The molecule has 2 aromatic rings. The highest BCUT2D eigenvalue weighted by atomic mass is 16.5. The Hall–Kier alpha value is -2.56. The number of aromatic nitrogens is 1. The Morgan fingerprint density at radius 3 is 2.85 bits per heavy atom. The molecule has 1 aliphatic rings. The Morgan fingerprint density at radius 2 is 2.10 bits per heavy atom. The van der Waals surface area contributed by atoms with Gasteiger partial charge in [0.25, 0.3) is 5.91 Å². The summed E-state index contributed by atoms with van der Waals surface area (Å²) in [5.74, 6) is 0.970. The summed E-state index contributed by atoms with van der Waals surface area (Å²) in [6, 6.07) is 11.5. The number of hydrogen-bond donors (Lipinski definition) is 1. The van der Waals surface area contributed by atoms with Crippen LogP contribution in [0.3, 0.4) is 0 Å². The van der Waals surface area contributed by atoms with Crippen molar-refractivity contribution in [3.8, 4) is 5.75 Å². The summed E-state index contributed by atoms with van der Waals surface area (Å²) < 4.78 is 5.56. The SMILES string of the molecule is CC1Oc2cc(N)cnc2N(Cc2ccccc2)C1=O. The van der Waals surface area contributed by atoms with E-state index in [-0.39, 0.29) is 5.91 Å². The second-order valence-electron chi connectivity index (χ2n) is 4.76. The molecule has 0 saturated heterocycles. The Morgan fingerprint density at radius 1 is 1.35 bits per heavy atom. The molecule has 0 fully saturated rings. The zero-order chi connectivity index (χ0) is 14.1. The summed E-state index contributed by atoms with van der Waals surface area (Å²) in [6.07, 6.45) is 0.999. The van der Waals surface area contributed by atoms with Crippen molar-refractivity contribution in [3.05, 3.63) is 48.2 Å². The number of anilines is 2. The van der Waals surface area contributed by atoms with Crippen LogP contribution in [0.25, 0.3) is 0 Å². The summed E-state index contributed by atoms with van der Waals surface area (Å²) in [4.78, 5) is 18.2. The van der Waals surface area contributed by atoms with E-state index in [0.717, 1.165) is 5.56 Å². The molecule has 0 aliphatic carbocycles. The molecule has 5 nitrogen and oxygen atoms in total. The molecule has 1 aromatic heterocycles. The lowest BCUT2D eigenvalue weighted by molar-refractivity contribution is -0.125. The molecule has 1 unspecified atom stereocenters. The van der Waals surface area contributed by atoms with Gasteiger partial charge in [0, 0.05) is 6.07 Å². The summed E-state index contributed by atoms with van der Waals surface area (Å²) in [5.41, 5.74) is 7.27. The number of carbonyl (C=O) groups excluding carboxylic acids is 1. The van der Waals surface area contributed by atoms with Gasteiger partial charge in [0.15, 0.2) is 17.7 Å². The van der Waals surface area contributed by atoms with Crippen LogP contribution in [0.15, 0.2) is 42.6 Å². The minimum Gasteiger partial charge on any atom is -0.477 e. The molecule has 3 rings (SSSR count). The molecule has 2 N–H and O–H groups in total. The molecule has 5 heteroatoms. The third-order valence-electron chi connectivity index (χ3n) is 3.21. The van der Waals surface area contributed by atoms with Crippen LogP contribution in [0.4, 0.5) is 11.5 Å². The fourth-order valence-corrected chi connectivity index (χ4v) is 2.23. The number of fused-ring (bicyclic) bond motifs is 1. The minimum absolute atomic E-state index is 0.0985. The molecular weight excluding hydrogens is 254 g/mol. The molecule has 2 heterocycles. The van der Waals surface area contributed by atoms with Crippen LogP contribution in [-0.2, 0) is 11.3 Å². The van der Waals surface area contributed by atoms with Crippen LogP contribution >= 0.6 is 0 Å². The largest absolute Gasteiger partial charge is 0.477 e. The maximum atomic E-state index is 12.3. The van der Waals surface area contributed by atoms with E-state index in [1.54, 1.807) is 17.9 Å². The second kappa shape index (κ2) is 4.85. The maximum absolute atomic E-state index is 12.3. The van der Waals surface area contributed by atoms with Gasteiger partial charge in [-0.25, -0.2) is 4.98 Å². The lowest BCUT2D eigenvalue weighted by atomic mass is 10.1. The quantitative estimate of drug-likeness (QED) is 0.905. The highest BCUT2D eigenvalue weighted by molar-refractivity contribution is 5.98. The van der Waals surface area contributed by atoms with Crippen molar-refractivity contribution in [1.29, 1.82) is 0 Å². The van der Waals surface area contributed by atoms with E-state index in [2.05, 4.69) is 4.98 Å². The summed E-state index contributed by atoms with van der Waals surface area (Å²) >= 11 is 0. The lowest BCUT2D eigenvalue weighted by Gasteiger charge is -2.32. The second-order valence-corrected chi connectivity index (χ2v) is 4.76. The summed E-state index contributed by atoms with van der Waals surface area (Å²) in [7, 11) is 0. The Balaban J connectivity index is 1.99. The lowest BCUT2D eigenvalue weighted by Crippen LogP contribution is -2.44. The molecule has 1 aliphatic heterocycles. The number of nitrogens with zero attached hydrogens (tertiary/aromatic N) is 2. The van der Waals surface area contributed by atoms with Gasteiger partial charge in [0.1, 0.15) is 0 Å². The van der Waals surface area contributed by atoms with Crippen molar-refractivity contribution in [2.24, 2.45) is 0 Å². The highest BCUT2D eigenvalue weighted by Gasteiger charge is 2.32. The zero-order valence-corrected chi connectivity index (χ0v) is 11.1.